The van der Waals surface area contributed by atoms with E-state index < -0.39 is 0 Å². The summed E-state index contributed by atoms with van der Waals surface area (Å²) in [7, 11) is 0. The van der Waals surface area contributed by atoms with Gasteiger partial charge in [0.1, 0.15) is 0 Å². The van der Waals surface area contributed by atoms with Crippen molar-refractivity contribution in [3.8, 4) is 0 Å². The number of allylic oxidation sites excluding steroid dienone is 2. The van der Waals surface area contributed by atoms with E-state index in [1.165, 1.54) is 69.8 Å². The molecule has 0 heteroatoms. The van der Waals surface area contributed by atoms with Crippen LogP contribution in [0.4, 0.5) is 0 Å². The number of aryl methyl sites for hydroxylation is 2. The van der Waals surface area contributed by atoms with Crippen LogP contribution >= 0.6 is 0 Å². The van der Waals surface area contributed by atoms with Gasteiger partial charge in [-0.15, -0.1) is 0 Å². The monoisotopic (exact) mass is 364 g/mol. The standard InChI is InChI=1S/C27H40/c1-3-5-6-7-21-9-11-25-19-27(15-13-23(25)17-21)26-14-12-22-16-20(4-2)8-10-24(22)18-26/h3,5,8,10,16,21,23,25-27H,4,6-7,9,11-15,17-19H2,1-2H3. The van der Waals surface area contributed by atoms with Crippen molar-refractivity contribution in [2.24, 2.45) is 29.6 Å². The third-order valence-corrected chi connectivity index (χ3v) is 8.35. The van der Waals surface area contributed by atoms with Crippen LogP contribution in [0.25, 0.3) is 0 Å². The van der Waals surface area contributed by atoms with Crippen LogP contribution in [0.5, 0.6) is 0 Å². The molecule has 3 aliphatic rings. The van der Waals surface area contributed by atoms with E-state index in [1.54, 1.807) is 24.0 Å². The van der Waals surface area contributed by atoms with Crippen molar-refractivity contribution >= 4 is 0 Å². The van der Waals surface area contributed by atoms with Gasteiger partial charge in [0.05, 0.1) is 0 Å². The largest absolute Gasteiger partial charge is 0.0917 e. The molecule has 1 aromatic carbocycles. The van der Waals surface area contributed by atoms with E-state index in [4.69, 9.17) is 0 Å². The third kappa shape index (κ3) is 4.52. The molecule has 0 heterocycles. The van der Waals surface area contributed by atoms with Gasteiger partial charge in [0.15, 0.2) is 0 Å². The predicted octanol–water partition coefficient (Wildman–Crippen LogP) is 7.54. The molecule has 0 aromatic heterocycles. The Balaban J connectivity index is 1.31. The molecule has 5 unspecified atom stereocenters. The molecule has 0 amide bonds. The molecule has 27 heavy (non-hydrogen) atoms. The van der Waals surface area contributed by atoms with Gasteiger partial charge in [-0.2, -0.15) is 0 Å². The van der Waals surface area contributed by atoms with Gasteiger partial charge in [-0.25, -0.2) is 0 Å². The molecule has 4 rings (SSSR count). The second-order valence-electron chi connectivity index (χ2n) is 9.88. The maximum Gasteiger partial charge on any atom is -0.0245 e. The van der Waals surface area contributed by atoms with Crippen LogP contribution in [-0.2, 0) is 19.3 Å². The summed E-state index contributed by atoms with van der Waals surface area (Å²) in [6, 6.07) is 7.34. The lowest BCUT2D eigenvalue weighted by molar-refractivity contribution is 0.0699. The second-order valence-corrected chi connectivity index (χ2v) is 9.88. The zero-order valence-electron chi connectivity index (χ0n) is 17.8. The van der Waals surface area contributed by atoms with E-state index in [2.05, 4.69) is 44.2 Å². The Morgan fingerprint density at radius 2 is 1.67 bits per heavy atom. The van der Waals surface area contributed by atoms with Crippen LogP contribution < -0.4 is 0 Å². The topological polar surface area (TPSA) is 0 Å². The molecule has 148 valence electrons. The average molecular weight is 365 g/mol. The van der Waals surface area contributed by atoms with Gasteiger partial charge in [-0.05, 0) is 124 Å². The minimum Gasteiger partial charge on any atom is -0.0917 e. The summed E-state index contributed by atoms with van der Waals surface area (Å²) in [5.74, 6) is 5.13. The molecule has 0 saturated heterocycles. The zero-order chi connectivity index (χ0) is 18.6. The van der Waals surface area contributed by atoms with Gasteiger partial charge in [-0.1, -0.05) is 43.7 Å². The molecule has 0 N–H and O–H groups in total. The Morgan fingerprint density at radius 1 is 0.889 bits per heavy atom. The van der Waals surface area contributed by atoms with Crippen molar-refractivity contribution < 1.29 is 0 Å². The summed E-state index contributed by atoms with van der Waals surface area (Å²) in [6.45, 7) is 4.44. The lowest BCUT2D eigenvalue weighted by atomic mass is 9.61. The first-order valence-corrected chi connectivity index (χ1v) is 12.0. The van der Waals surface area contributed by atoms with Crippen LogP contribution in [0.2, 0.25) is 0 Å². The van der Waals surface area contributed by atoms with E-state index in [0.29, 0.717) is 0 Å². The lowest BCUT2D eigenvalue weighted by Gasteiger charge is -2.45. The number of hydrogen-bond donors (Lipinski definition) is 0. The Labute approximate surface area is 167 Å². The molecular formula is C27H40. The Bertz CT molecular complexity index is 639. The SMILES string of the molecule is CC=CCCC1CCC2CC(C3CCc4cc(CC)ccc4C3)CCC2C1. The van der Waals surface area contributed by atoms with Crippen molar-refractivity contribution in [1.29, 1.82) is 0 Å². The Hall–Kier alpha value is -1.04. The minimum atomic E-state index is 0.971. The molecule has 0 bridgehead atoms. The molecule has 0 nitrogen and oxygen atoms in total. The van der Waals surface area contributed by atoms with E-state index in [9.17, 15) is 0 Å². The first kappa shape index (κ1) is 19.3. The summed E-state index contributed by atoms with van der Waals surface area (Å²) in [6.07, 6.45) is 21.9. The van der Waals surface area contributed by atoms with Crippen molar-refractivity contribution in [1.82, 2.24) is 0 Å². The Kier molecular flexibility index (Phi) is 6.41. The van der Waals surface area contributed by atoms with Gasteiger partial charge in [0.2, 0.25) is 0 Å². The average Bonchev–Trinajstić information content (AvgIpc) is 2.72. The van der Waals surface area contributed by atoms with Gasteiger partial charge in [0, 0.05) is 0 Å². The highest BCUT2D eigenvalue weighted by molar-refractivity contribution is 5.34. The highest BCUT2D eigenvalue weighted by Gasteiger charge is 2.38. The fourth-order valence-corrected chi connectivity index (χ4v) is 6.67. The summed E-state index contributed by atoms with van der Waals surface area (Å²) in [5, 5.41) is 0. The van der Waals surface area contributed by atoms with Gasteiger partial charge in [-0.3, -0.25) is 0 Å². The maximum absolute atomic E-state index is 2.50. The molecular weight excluding hydrogens is 324 g/mol. The molecule has 0 radical (unpaired) electrons. The first-order valence-electron chi connectivity index (χ1n) is 12.0. The van der Waals surface area contributed by atoms with Gasteiger partial charge >= 0.3 is 0 Å². The summed E-state index contributed by atoms with van der Waals surface area (Å²) in [4.78, 5) is 0. The van der Waals surface area contributed by atoms with Crippen molar-refractivity contribution in [2.75, 3.05) is 0 Å². The summed E-state index contributed by atoms with van der Waals surface area (Å²) in [5.41, 5.74) is 4.87. The molecule has 1 aromatic rings. The van der Waals surface area contributed by atoms with Gasteiger partial charge in [0.25, 0.3) is 0 Å². The number of benzene rings is 1. The molecule has 0 spiro atoms. The first-order chi connectivity index (χ1) is 13.3. The smallest absolute Gasteiger partial charge is 0.0245 e. The lowest BCUT2D eigenvalue weighted by Crippen LogP contribution is -2.35. The Morgan fingerprint density at radius 3 is 2.48 bits per heavy atom. The van der Waals surface area contributed by atoms with Crippen molar-refractivity contribution in [2.45, 2.75) is 90.9 Å². The van der Waals surface area contributed by atoms with E-state index in [-0.39, 0.29) is 0 Å². The third-order valence-electron chi connectivity index (χ3n) is 8.35. The summed E-state index contributed by atoms with van der Waals surface area (Å²) < 4.78 is 0. The molecule has 2 fully saturated rings. The van der Waals surface area contributed by atoms with Crippen LogP contribution in [0, 0.1) is 29.6 Å². The molecule has 0 aliphatic heterocycles. The number of fused-ring (bicyclic) bond motifs is 2. The molecule has 3 aliphatic carbocycles. The van der Waals surface area contributed by atoms with Crippen molar-refractivity contribution in [3.63, 3.8) is 0 Å². The van der Waals surface area contributed by atoms with Crippen LogP contribution in [0.1, 0.15) is 88.3 Å². The molecule has 2 saturated carbocycles. The van der Waals surface area contributed by atoms with Gasteiger partial charge < -0.3 is 0 Å². The fourth-order valence-electron chi connectivity index (χ4n) is 6.67. The van der Waals surface area contributed by atoms with Crippen LogP contribution in [0.3, 0.4) is 0 Å². The quantitative estimate of drug-likeness (QED) is 0.473. The van der Waals surface area contributed by atoms with Crippen LogP contribution in [-0.4, -0.2) is 0 Å². The number of hydrogen-bond acceptors (Lipinski definition) is 0. The maximum atomic E-state index is 2.50. The highest BCUT2D eigenvalue weighted by atomic mass is 14.4. The normalized spacial score (nSPS) is 33.6. The fraction of sp³-hybridized carbons (Fsp3) is 0.704. The minimum absolute atomic E-state index is 0.971. The zero-order valence-corrected chi connectivity index (χ0v) is 17.8. The van der Waals surface area contributed by atoms with E-state index >= 15 is 0 Å². The highest BCUT2D eigenvalue weighted by Crippen LogP contribution is 2.49. The van der Waals surface area contributed by atoms with Crippen molar-refractivity contribution in [3.05, 3.63) is 47.0 Å². The van der Waals surface area contributed by atoms with E-state index in [1.807, 2.05) is 0 Å². The summed E-state index contributed by atoms with van der Waals surface area (Å²) >= 11 is 0. The van der Waals surface area contributed by atoms with E-state index in [0.717, 1.165) is 29.6 Å². The van der Waals surface area contributed by atoms with Crippen LogP contribution in [0.15, 0.2) is 30.4 Å². The molecule has 5 atom stereocenters. The predicted molar refractivity (Wildman–Crippen MR) is 117 cm³/mol. The number of rotatable bonds is 5. The second kappa shape index (κ2) is 8.97.